The molecule has 2 N–H and O–H groups in total. The minimum atomic E-state index is -4.45. The molecule has 18 heavy (non-hydrogen) atoms. The first-order chi connectivity index (χ1) is 8.34. The maximum atomic E-state index is 12.7. The van der Waals surface area contributed by atoms with E-state index in [0.717, 1.165) is 6.07 Å². The number of rotatable bonds is 5. The van der Waals surface area contributed by atoms with Crippen molar-refractivity contribution in [2.75, 3.05) is 11.9 Å². The number of alkyl halides is 3. The molecule has 1 unspecified atom stereocenters. The van der Waals surface area contributed by atoms with Crippen molar-refractivity contribution >= 4 is 5.82 Å². The zero-order chi connectivity index (χ0) is 13.8. The largest absolute Gasteiger partial charge is 0.419 e. The molecule has 0 amide bonds. The van der Waals surface area contributed by atoms with Crippen molar-refractivity contribution in [1.82, 2.24) is 4.98 Å². The molecule has 0 aliphatic heterocycles. The summed E-state index contributed by atoms with van der Waals surface area (Å²) in [6, 6.07) is 1.78. The summed E-state index contributed by atoms with van der Waals surface area (Å²) in [5, 5.41) is 11.8. The second-order valence-electron chi connectivity index (χ2n) is 4.55. The molecule has 102 valence electrons. The van der Waals surface area contributed by atoms with Gasteiger partial charge >= 0.3 is 6.18 Å². The Bertz CT molecular complexity index is 380. The average molecular weight is 262 g/mol. The molecule has 0 fully saturated rings. The lowest BCUT2D eigenvalue weighted by Gasteiger charge is -2.21. The van der Waals surface area contributed by atoms with Gasteiger partial charge in [0.2, 0.25) is 0 Å². The van der Waals surface area contributed by atoms with Gasteiger partial charge in [-0.3, -0.25) is 0 Å². The lowest BCUT2D eigenvalue weighted by Crippen LogP contribution is -2.27. The fraction of sp³-hybridized carbons (Fsp3) is 0.583. The number of anilines is 1. The van der Waals surface area contributed by atoms with Crippen LogP contribution in [0.25, 0.3) is 0 Å². The molecule has 3 nitrogen and oxygen atoms in total. The van der Waals surface area contributed by atoms with Gasteiger partial charge in [0.15, 0.2) is 0 Å². The molecule has 1 aromatic rings. The third kappa shape index (κ3) is 4.18. The lowest BCUT2D eigenvalue weighted by molar-refractivity contribution is -0.137. The Balaban J connectivity index is 2.89. The predicted molar refractivity (Wildman–Crippen MR) is 63.2 cm³/mol. The Morgan fingerprint density at radius 2 is 2.06 bits per heavy atom. The number of hydrogen-bond acceptors (Lipinski definition) is 3. The molecule has 6 heteroatoms. The Hall–Kier alpha value is -1.30. The number of halogens is 3. The van der Waals surface area contributed by atoms with Crippen LogP contribution in [0.4, 0.5) is 19.0 Å². The molecular formula is C12H17F3N2O. The third-order valence-electron chi connectivity index (χ3n) is 2.43. The van der Waals surface area contributed by atoms with Crippen LogP contribution in [0.3, 0.4) is 0 Å². The van der Waals surface area contributed by atoms with Gasteiger partial charge in [-0.2, -0.15) is 13.2 Å². The summed E-state index contributed by atoms with van der Waals surface area (Å²) in [4.78, 5) is 3.70. The third-order valence-corrected chi connectivity index (χ3v) is 2.43. The van der Waals surface area contributed by atoms with Gasteiger partial charge in [-0.15, -0.1) is 0 Å². The van der Waals surface area contributed by atoms with Crippen LogP contribution in [0.15, 0.2) is 18.3 Å². The van der Waals surface area contributed by atoms with E-state index in [-0.39, 0.29) is 18.3 Å². The summed E-state index contributed by atoms with van der Waals surface area (Å²) < 4.78 is 38.2. The first-order valence-electron chi connectivity index (χ1n) is 5.74. The zero-order valence-electron chi connectivity index (χ0n) is 10.3. The van der Waals surface area contributed by atoms with Gasteiger partial charge in [0.1, 0.15) is 5.82 Å². The van der Waals surface area contributed by atoms with Crippen LogP contribution in [0.1, 0.15) is 25.8 Å². The van der Waals surface area contributed by atoms with E-state index in [1.54, 1.807) is 0 Å². The first-order valence-corrected chi connectivity index (χ1v) is 5.74. The van der Waals surface area contributed by atoms with E-state index in [0.29, 0.717) is 6.42 Å². The number of aliphatic hydroxyl groups excluding tert-OH is 1. The summed E-state index contributed by atoms with van der Waals surface area (Å²) in [6.07, 6.45) is -2.58. The van der Waals surface area contributed by atoms with Crippen LogP contribution in [0.2, 0.25) is 0 Å². The minimum absolute atomic E-state index is 0.230. The second-order valence-corrected chi connectivity index (χ2v) is 4.55. The van der Waals surface area contributed by atoms with Crippen LogP contribution in [-0.4, -0.2) is 22.7 Å². The molecule has 0 saturated carbocycles. The van der Waals surface area contributed by atoms with Crippen molar-refractivity contribution in [1.29, 1.82) is 0 Å². The Morgan fingerprint density at radius 3 is 2.56 bits per heavy atom. The van der Waals surface area contributed by atoms with Crippen molar-refractivity contribution in [2.24, 2.45) is 5.92 Å². The summed E-state index contributed by atoms with van der Waals surface area (Å²) in [5.74, 6) is 0.0393. The summed E-state index contributed by atoms with van der Waals surface area (Å²) in [7, 11) is 0. The maximum Gasteiger partial charge on any atom is 0.419 e. The van der Waals surface area contributed by atoms with E-state index >= 15 is 0 Å². The van der Waals surface area contributed by atoms with Crippen molar-refractivity contribution in [3.8, 4) is 0 Å². The van der Waals surface area contributed by atoms with Crippen molar-refractivity contribution in [2.45, 2.75) is 32.5 Å². The van der Waals surface area contributed by atoms with E-state index in [4.69, 9.17) is 5.11 Å². The van der Waals surface area contributed by atoms with Gasteiger partial charge in [-0.25, -0.2) is 4.98 Å². The monoisotopic (exact) mass is 262 g/mol. The molecule has 1 atom stereocenters. The Kier molecular flexibility index (Phi) is 4.95. The van der Waals surface area contributed by atoms with Crippen molar-refractivity contribution in [3.05, 3.63) is 23.9 Å². The van der Waals surface area contributed by atoms with Gasteiger partial charge < -0.3 is 10.4 Å². The molecule has 0 radical (unpaired) electrons. The molecule has 0 saturated heterocycles. The summed E-state index contributed by atoms with van der Waals surface area (Å²) >= 11 is 0. The fourth-order valence-corrected chi connectivity index (χ4v) is 1.69. The Morgan fingerprint density at radius 1 is 1.39 bits per heavy atom. The smallest absolute Gasteiger partial charge is 0.394 e. The average Bonchev–Trinajstić information content (AvgIpc) is 2.26. The zero-order valence-corrected chi connectivity index (χ0v) is 10.3. The normalized spacial score (nSPS) is 13.7. The summed E-state index contributed by atoms with van der Waals surface area (Å²) in [5.41, 5.74) is -0.813. The summed E-state index contributed by atoms with van der Waals surface area (Å²) in [6.45, 7) is 3.65. The number of pyridine rings is 1. The second kappa shape index (κ2) is 6.04. The van der Waals surface area contributed by atoms with E-state index < -0.39 is 17.8 Å². The highest BCUT2D eigenvalue weighted by atomic mass is 19.4. The van der Waals surface area contributed by atoms with Crippen molar-refractivity contribution < 1.29 is 18.3 Å². The molecule has 1 rings (SSSR count). The predicted octanol–water partition coefficient (Wildman–Crippen LogP) is 2.92. The molecule has 0 spiro atoms. The van der Waals surface area contributed by atoms with Gasteiger partial charge in [0.25, 0.3) is 0 Å². The quantitative estimate of drug-likeness (QED) is 0.857. The highest BCUT2D eigenvalue weighted by Gasteiger charge is 2.34. The molecule has 1 aromatic heterocycles. The van der Waals surface area contributed by atoms with Crippen LogP contribution in [-0.2, 0) is 6.18 Å². The fourth-order valence-electron chi connectivity index (χ4n) is 1.69. The van der Waals surface area contributed by atoms with Crippen LogP contribution in [0, 0.1) is 5.92 Å². The van der Waals surface area contributed by atoms with Crippen LogP contribution < -0.4 is 5.32 Å². The standard InChI is InChI=1S/C12H17F3N2O/c1-8(2)6-9(7-18)17-11-10(12(13,14)15)4-3-5-16-11/h3-5,8-9,18H,6-7H2,1-2H3,(H,16,17). The Labute approximate surface area is 104 Å². The highest BCUT2D eigenvalue weighted by Crippen LogP contribution is 2.33. The minimum Gasteiger partial charge on any atom is -0.394 e. The number of hydrogen-bond donors (Lipinski definition) is 2. The van der Waals surface area contributed by atoms with E-state index in [9.17, 15) is 13.2 Å². The van der Waals surface area contributed by atoms with E-state index in [2.05, 4.69) is 10.3 Å². The number of nitrogens with one attached hydrogen (secondary N) is 1. The molecule has 0 bridgehead atoms. The molecule has 0 aliphatic rings. The molecule has 0 aliphatic carbocycles. The number of aliphatic hydroxyl groups is 1. The lowest BCUT2D eigenvalue weighted by atomic mass is 10.0. The maximum absolute atomic E-state index is 12.7. The van der Waals surface area contributed by atoms with Gasteiger partial charge in [-0.05, 0) is 24.5 Å². The van der Waals surface area contributed by atoms with Crippen molar-refractivity contribution in [3.63, 3.8) is 0 Å². The molecule has 1 heterocycles. The molecular weight excluding hydrogens is 245 g/mol. The number of aromatic nitrogens is 1. The number of nitrogens with zero attached hydrogens (tertiary/aromatic N) is 1. The first kappa shape index (κ1) is 14.8. The van der Waals surface area contributed by atoms with Gasteiger partial charge in [0.05, 0.1) is 18.2 Å². The highest BCUT2D eigenvalue weighted by molar-refractivity contribution is 5.46. The van der Waals surface area contributed by atoms with Crippen LogP contribution in [0.5, 0.6) is 0 Å². The SMILES string of the molecule is CC(C)CC(CO)Nc1ncccc1C(F)(F)F. The van der Waals surface area contributed by atoms with Gasteiger partial charge in [-0.1, -0.05) is 13.8 Å². The van der Waals surface area contributed by atoms with Crippen LogP contribution >= 0.6 is 0 Å². The molecule has 0 aromatic carbocycles. The topological polar surface area (TPSA) is 45.1 Å². The van der Waals surface area contributed by atoms with E-state index in [1.165, 1.54) is 12.3 Å². The van der Waals surface area contributed by atoms with E-state index in [1.807, 2.05) is 13.8 Å². The van der Waals surface area contributed by atoms with Gasteiger partial charge in [0, 0.05) is 6.20 Å².